The summed E-state index contributed by atoms with van der Waals surface area (Å²) in [4.78, 5) is 34.2. The molecule has 0 aliphatic carbocycles. The van der Waals surface area contributed by atoms with Crippen molar-refractivity contribution in [1.82, 2.24) is 19.6 Å². The molecule has 0 bridgehead atoms. The third kappa shape index (κ3) is 9.29. The molecule has 4 atom stereocenters. The average Bonchev–Trinajstić information content (AvgIpc) is 3.25. The number of carbonyl (C=O) groups is 2. The van der Waals surface area contributed by atoms with Gasteiger partial charge < -0.3 is 20.0 Å². The van der Waals surface area contributed by atoms with E-state index in [2.05, 4.69) is 60.6 Å². The Bertz CT molecular complexity index is 1220. The van der Waals surface area contributed by atoms with Gasteiger partial charge in [0.15, 0.2) is 0 Å². The molecule has 0 aromatic heterocycles. The first-order chi connectivity index (χ1) is 21.2. The molecule has 2 unspecified atom stereocenters. The zero-order valence-corrected chi connectivity index (χ0v) is 27.3. The lowest BCUT2D eigenvalue weighted by Gasteiger charge is -2.48. The van der Waals surface area contributed by atoms with E-state index in [0.717, 1.165) is 82.6 Å². The van der Waals surface area contributed by atoms with E-state index in [1.165, 1.54) is 6.42 Å². The Hall–Kier alpha value is -2.94. The summed E-state index contributed by atoms with van der Waals surface area (Å²) in [5.41, 5.74) is 2.83. The zero-order valence-electron chi connectivity index (χ0n) is 27.3. The number of nitrogens with zero attached hydrogens (tertiary/aromatic N) is 4. The van der Waals surface area contributed by atoms with E-state index in [9.17, 15) is 14.7 Å². The van der Waals surface area contributed by atoms with Crippen LogP contribution in [0.2, 0.25) is 0 Å². The fourth-order valence-electron chi connectivity index (χ4n) is 6.85. The topological polar surface area (TPSA) is 87.6 Å². The Labute approximate surface area is 264 Å². The first kappa shape index (κ1) is 33.9. The molecule has 2 aromatic carbocycles. The number of rotatable bonds is 13. The summed E-state index contributed by atoms with van der Waals surface area (Å²) < 4.78 is 0. The summed E-state index contributed by atoms with van der Waals surface area (Å²) in [6.45, 7) is 16.4. The van der Waals surface area contributed by atoms with Crippen LogP contribution in [0.1, 0.15) is 93.7 Å². The standard InChI is InChI=1S/C36H54N4O4/c1-5-27(2)24-39-25-29(4)40(26-28(39)3)35(31-13-10-15-33(41)23-31)30-12-9-14-32(22-30)36(44)38-19-11-18-37(20-21-38)17-8-6-7-16-34(42)43/h9-10,12-15,22-23,27-29,35,41H,5-8,11,16-21,24-26H2,1-4H3,(H,42,43)/t27?,28-,29+,35?/m1/s1. The molecule has 2 fully saturated rings. The van der Waals surface area contributed by atoms with Crippen molar-refractivity contribution < 1.29 is 19.8 Å². The molecule has 8 heteroatoms. The number of amides is 1. The predicted octanol–water partition coefficient (Wildman–Crippen LogP) is 5.72. The quantitative estimate of drug-likeness (QED) is 0.282. The summed E-state index contributed by atoms with van der Waals surface area (Å²) in [6.07, 6.45) is 4.98. The first-order valence-corrected chi connectivity index (χ1v) is 16.8. The molecule has 2 aliphatic rings. The van der Waals surface area contributed by atoms with Gasteiger partial charge in [-0.1, -0.05) is 51.0 Å². The molecule has 44 heavy (non-hydrogen) atoms. The smallest absolute Gasteiger partial charge is 0.303 e. The van der Waals surface area contributed by atoms with Crippen LogP contribution in [0, 0.1) is 5.92 Å². The second-order valence-corrected chi connectivity index (χ2v) is 13.2. The van der Waals surface area contributed by atoms with E-state index in [1.807, 2.05) is 29.2 Å². The summed E-state index contributed by atoms with van der Waals surface area (Å²) in [6, 6.07) is 16.4. The van der Waals surface area contributed by atoms with Crippen molar-refractivity contribution in [2.75, 3.05) is 52.4 Å². The lowest BCUT2D eigenvalue weighted by molar-refractivity contribution is -0.137. The van der Waals surface area contributed by atoms with Gasteiger partial charge in [-0.25, -0.2) is 0 Å². The maximum Gasteiger partial charge on any atom is 0.303 e. The van der Waals surface area contributed by atoms with Crippen molar-refractivity contribution in [2.45, 2.75) is 84.3 Å². The van der Waals surface area contributed by atoms with Crippen molar-refractivity contribution in [2.24, 2.45) is 5.92 Å². The highest BCUT2D eigenvalue weighted by molar-refractivity contribution is 5.94. The molecule has 0 radical (unpaired) electrons. The third-order valence-corrected chi connectivity index (χ3v) is 9.61. The van der Waals surface area contributed by atoms with Gasteiger partial charge in [0.25, 0.3) is 5.91 Å². The van der Waals surface area contributed by atoms with Crippen LogP contribution >= 0.6 is 0 Å². The molecule has 2 aromatic rings. The Kier molecular flexibility index (Phi) is 12.6. The first-order valence-electron chi connectivity index (χ1n) is 16.8. The largest absolute Gasteiger partial charge is 0.508 e. The van der Waals surface area contributed by atoms with Crippen LogP contribution in [0.25, 0.3) is 0 Å². The van der Waals surface area contributed by atoms with Gasteiger partial charge in [0.1, 0.15) is 5.75 Å². The van der Waals surface area contributed by atoms with Gasteiger partial charge in [-0.3, -0.25) is 19.4 Å². The van der Waals surface area contributed by atoms with Gasteiger partial charge in [-0.05, 0) is 87.5 Å². The van der Waals surface area contributed by atoms with Crippen molar-refractivity contribution >= 4 is 11.9 Å². The molecule has 2 saturated heterocycles. The number of piperazine rings is 1. The molecule has 2 heterocycles. The number of unbranched alkanes of at least 4 members (excludes halogenated alkanes) is 2. The van der Waals surface area contributed by atoms with Gasteiger partial charge in [0.05, 0.1) is 6.04 Å². The number of aromatic hydroxyl groups is 1. The van der Waals surface area contributed by atoms with Crippen LogP contribution < -0.4 is 0 Å². The van der Waals surface area contributed by atoms with Gasteiger partial charge in [-0.15, -0.1) is 0 Å². The number of hydrogen-bond acceptors (Lipinski definition) is 6. The second-order valence-electron chi connectivity index (χ2n) is 13.2. The van der Waals surface area contributed by atoms with Crippen LogP contribution in [0.5, 0.6) is 5.75 Å². The highest BCUT2D eigenvalue weighted by Gasteiger charge is 2.35. The SMILES string of the molecule is CCC(C)CN1C[C@H](C)N(C(c2cccc(O)c2)c2cccc(C(=O)N3CCCN(CCCCCC(=O)O)CC3)c2)C[C@H]1C. The van der Waals surface area contributed by atoms with Crippen molar-refractivity contribution in [1.29, 1.82) is 0 Å². The van der Waals surface area contributed by atoms with Crippen molar-refractivity contribution in [3.8, 4) is 5.75 Å². The van der Waals surface area contributed by atoms with E-state index in [1.54, 1.807) is 6.07 Å². The number of phenolic OH excluding ortho intramolecular Hbond substituents is 1. The van der Waals surface area contributed by atoms with Gasteiger partial charge >= 0.3 is 5.97 Å². The highest BCUT2D eigenvalue weighted by atomic mass is 16.4. The Morgan fingerprint density at radius 3 is 2.39 bits per heavy atom. The number of carboxylic acids is 1. The second kappa shape index (κ2) is 16.4. The van der Waals surface area contributed by atoms with Crippen molar-refractivity contribution in [3.63, 3.8) is 0 Å². The van der Waals surface area contributed by atoms with Crippen LogP contribution in [0.15, 0.2) is 48.5 Å². The molecule has 1 amide bonds. The third-order valence-electron chi connectivity index (χ3n) is 9.61. The van der Waals surface area contributed by atoms with E-state index >= 15 is 0 Å². The van der Waals surface area contributed by atoms with Gasteiger partial charge in [0.2, 0.25) is 0 Å². The molecule has 0 saturated carbocycles. The van der Waals surface area contributed by atoms with E-state index in [4.69, 9.17) is 5.11 Å². The van der Waals surface area contributed by atoms with Crippen molar-refractivity contribution in [3.05, 3.63) is 65.2 Å². The lowest BCUT2D eigenvalue weighted by atomic mass is 9.92. The number of hydrogen-bond donors (Lipinski definition) is 2. The number of carboxylic acid groups (broad SMARTS) is 1. The molecule has 2 N–H and O–H groups in total. The number of carbonyl (C=O) groups excluding carboxylic acids is 1. The summed E-state index contributed by atoms with van der Waals surface area (Å²) >= 11 is 0. The normalized spacial score (nSPS) is 22.0. The lowest BCUT2D eigenvalue weighted by Crippen LogP contribution is -2.57. The fraction of sp³-hybridized carbons (Fsp3) is 0.611. The van der Waals surface area contributed by atoms with Crippen LogP contribution in [-0.2, 0) is 4.79 Å². The molecule has 242 valence electrons. The van der Waals surface area contributed by atoms with E-state index in [-0.39, 0.29) is 24.1 Å². The molecular formula is C36H54N4O4. The van der Waals surface area contributed by atoms with Gasteiger partial charge in [0, 0.05) is 63.3 Å². The zero-order chi connectivity index (χ0) is 31.6. The molecule has 0 spiro atoms. The summed E-state index contributed by atoms with van der Waals surface area (Å²) in [5.74, 6) is 0.266. The number of phenols is 1. The number of benzene rings is 2. The molecular weight excluding hydrogens is 552 g/mol. The van der Waals surface area contributed by atoms with Crippen LogP contribution in [0.3, 0.4) is 0 Å². The minimum Gasteiger partial charge on any atom is -0.508 e. The van der Waals surface area contributed by atoms with E-state index < -0.39 is 5.97 Å². The molecule has 2 aliphatic heterocycles. The Morgan fingerprint density at radius 1 is 0.909 bits per heavy atom. The van der Waals surface area contributed by atoms with Gasteiger partial charge in [-0.2, -0.15) is 0 Å². The highest BCUT2D eigenvalue weighted by Crippen LogP contribution is 2.35. The number of aliphatic carboxylic acids is 1. The average molecular weight is 607 g/mol. The monoisotopic (exact) mass is 606 g/mol. The minimum atomic E-state index is -0.727. The molecule has 4 rings (SSSR count). The van der Waals surface area contributed by atoms with Crippen LogP contribution in [-0.4, -0.2) is 106 Å². The Balaban J connectivity index is 1.49. The minimum absolute atomic E-state index is 0.0706. The Morgan fingerprint density at radius 2 is 1.66 bits per heavy atom. The summed E-state index contributed by atoms with van der Waals surface area (Å²) in [7, 11) is 0. The van der Waals surface area contributed by atoms with E-state index in [0.29, 0.717) is 30.1 Å². The predicted molar refractivity (Wildman–Crippen MR) is 176 cm³/mol. The fourth-order valence-corrected chi connectivity index (χ4v) is 6.85. The van der Waals surface area contributed by atoms with Crippen LogP contribution in [0.4, 0.5) is 0 Å². The summed E-state index contributed by atoms with van der Waals surface area (Å²) in [5, 5.41) is 19.3. The maximum atomic E-state index is 13.8. The maximum absolute atomic E-state index is 13.8. The molecule has 8 nitrogen and oxygen atoms in total.